The summed E-state index contributed by atoms with van der Waals surface area (Å²) in [6.07, 6.45) is -4.83. The number of thiophene rings is 1. The first-order valence-electron chi connectivity index (χ1n) is 9.60. The number of carbonyl (C=O) groups excluding carboxylic acids is 1. The van der Waals surface area contributed by atoms with Crippen LogP contribution in [0.2, 0.25) is 0 Å². The monoisotopic (exact) mass is 508 g/mol. The van der Waals surface area contributed by atoms with Crippen LogP contribution in [0.15, 0.2) is 52.8 Å². The summed E-state index contributed by atoms with van der Waals surface area (Å²) >= 11 is 1.11. The van der Waals surface area contributed by atoms with Crippen molar-refractivity contribution in [2.24, 2.45) is 4.99 Å². The first kappa shape index (κ1) is 25.4. The lowest BCUT2D eigenvalue weighted by Crippen LogP contribution is -2.16. The van der Waals surface area contributed by atoms with Gasteiger partial charge in [0.1, 0.15) is 23.6 Å². The molecule has 182 valence electrons. The summed E-state index contributed by atoms with van der Waals surface area (Å²) in [7, 11) is 0. The number of carbonyl (C=O) groups is 2. The summed E-state index contributed by atoms with van der Waals surface area (Å²) in [6.45, 7) is 1.10. The maximum Gasteiger partial charge on any atom is 0.573 e. The molecule has 0 radical (unpaired) electrons. The number of ketones is 1. The molecule has 3 aromatic rings. The summed E-state index contributed by atoms with van der Waals surface area (Å²) in [6, 6.07) is 7.89. The van der Waals surface area contributed by atoms with Crippen molar-refractivity contribution in [3.05, 3.63) is 74.6 Å². The van der Waals surface area contributed by atoms with Crippen molar-refractivity contribution in [3.8, 4) is 21.9 Å². The third-order valence-electron chi connectivity index (χ3n) is 4.71. The Balaban J connectivity index is 1.78. The molecule has 0 saturated heterocycles. The Labute approximate surface area is 198 Å². The van der Waals surface area contributed by atoms with Crippen molar-refractivity contribution in [2.45, 2.75) is 13.3 Å². The van der Waals surface area contributed by atoms with E-state index in [1.54, 1.807) is 5.38 Å². The molecule has 0 bridgehead atoms. The molecule has 0 unspecified atom stereocenters. The number of nitro benzene ring substituents is 1. The molecular formula is C22H15F3N2O7S. The number of aromatic hydroxyl groups is 1. The molecule has 9 nitrogen and oxygen atoms in total. The van der Waals surface area contributed by atoms with Crippen molar-refractivity contribution in [2.75, 3.05) is 6.54 Å². The second-order valence-electron chi connectivity index (χ2n) is 7.02. The van der Waals surface area contributed by atoms with E-state index >= 15 is 0 Å². The van der Waals surface area contributed by atoms with Crippen LogP contribution in [0.25, 0.3) is 10.4 Å². The van der Waals surface area contributed by atoms with Crippen LogP contribution in [0.1, 0.15) is 33.2 Å². The van der Waals surface area contributed by atoms with Gasteiger partial charge in [-0.25, -0.2) is 4.79 Å². The summed E-state index contributed by atoms with van der Waals surface area (Å²) < 4.78 is 40.8. The number of Topliss-reactive ketones (excluding diaryl/α,β-unsaturated/α-hetero) is 1. The van der Waals surface area contributed by atoms with E-state index < -0.39 is 46.6 Å². The second-order valence-corrected chi connectivity index (χ2v) is 7.90. The molecule has 3 rings (SSSR count). The number of carboxylic acid groups (broad SMARTS) is 1. The zero-order valence-electron chi connectivity index (χ0n) is 17.7. The minimum Gasteiger partial charge on any atom is -0.506 e. The van der Waals surface area contributed by atoms with Gasteiger partial charge >= 0.3 is 12.3 Å². The third kappa shape index (κ3) is 6.00. The summed E-state index contributed by atoms with van der Waals surface area (Å²) in [5.74, 6) is -2.71. The van der Waals surface area contributed by atoms with Gasteiger partial charge < -0.3 is 14.9 Å². The smallest absolute Gasteiger partial charge is 0.506 e. The average molecular weight is 508 g/mol. The van der Waals surface area contributed by atoms with Crippen LogP contribution in [-0.4, -0.2) is 45.5 Å². The molecule has 0 amide bonds. The quantitative estimate of drug-likeness (QED) is 0.182. The summed E-state index contributed by atoms with van der Waals surface area (Å²) in [5.41, 5.74) is -0.388. The van der Waals surface area contributed by atoms with E-state index in [9.17, 15) is 38.0 Å². The lowest BCUT2D eigenvalue weighted by Gasteiger charge is -2.09. The number of benzene rings is 2. The first-order valence-corrected chi connectivity index (χ1v) is 10.5. The maximum absolute atomic E-state index is 12.5. The molecule has 0 saturated carbocycles. The number of hydrogen-bond donors (Lipinski definition) is 2. The second kappa shape index (κ2) is 9.93. The highest BCUT2D eigenvalue weighted by Gasteiger charge is 2.31. The molecule has 13 heteroatoms. The maximum atomic E-state index is 12.5. The van der Waals surface area contributed by atoms with Crippen molar-refractivity contribution < 1.29 is 42.6 Å². The Kier molecular flexibility index (Phi) is 7.20. The number of aromatic carboxylic acids is 1. The van der Waals surface area contributed by atoms with Gasteiger partial charge in [-0.15, -0.1) is 24.5 Å². The van der Waals surface area contributed by atoms with Gasteiger partial charge in [-0.3, -0.25) is 19.9 Å². The fourth-order valence-electron chi connectivity index (χ4n) is 3.03. The molecule has 1 aromatic heterocycles. The van der Waals surface area contributed by atoms with E-state index in [1.165, 1.54) is 19.1 Å². The Morgan fingerprint density at radius 3 is 2.37 bits per heavy atom. The van der Waals surface area contributed by atoms with Crippen molar-refractivity contribution >= 4 is 34.5 Å². The topological polar surface area (TPSA) is 139 Å². The van der Waals surface area contributed by atoms with Crippen molar-refractivity contribution in [1.29, 1.82) is 0 Å². The molecule has 0 aliphatic heterocycles. The molecule has 0 aliphatic carbocycles. The highest BCUT2D eigenvalue weighted by atomic mass is 32.1. The predicted octanol–water partition coefficient (Wildman–Crippen LogP) is 5.32. The van der Waals surface area contributed by atoms with Crippen LogP contribution in [0.5, 0.6) is 11.5 Å². The molecule has 1 heterocycles. The number of alkyl halides is 3. The molecule has 2 aromatic carbocycles. The van der Waals surface area contributed by atoms with Crippen molar-refractivity contribution in [3.63, 3.8) is 0 Å². The van der Waals surface area contributed by atoms with Gasteiger partial charge in [-0.2, -0.15) is 0 Å². The van der Waals surface area contributed by atoms with Crippen LogP contribution in [-0.2, 0) is 0 Å². The fourth-order valence-corrected chi connectivity index (χ4v) is 4.04. The first-order chi connectivity index (χ1) is 16.4. The van der Waals surface area contributed by atoms with E-state index in [0.717, 1.165) is 41.7 Å². The summed E-state index contributed by atoms with van der Waals surface area (Å²) in [4.78, 5) is 38.2. The van der Waals surface area contributed by atoms with Gasteiger partial charge in [0.2, 0.25) is 0 Å². The number of ether oxygens (including phenoxy) is 1. The van der Waals surface area contributed by atoms with Gasteiger partial charge in [0.05, 0.1) is 9.80 Å². The predicted molar refractivity (Wildman–Crippen MR) is 120 cm³/mol. The SMILES string of the molecule is CC(=NCC(=O)c1ccc(C(=O)O)c([N+](=O)[O-])c1)c1csc(-c2ccc(OC(F)(F)F)cc2)c1O. The van der Waals surface area contributed by atoms with Gasteiger partial charge in [-0.05, 0) is 48.9 Å². The highest BCUT2D eigenvalue weighted by molar-refractivity contribution is 7.14. The van der Waals surface area contributed by atoms with Crippen LogP contribution in [0, 0.1) is 10.1 Å². The van der Waals surface area contributed by atoms with Crippen molar-refractivity contribution in [1.82, 2.24) is 0 Å². The van der Waals surface area contributed by atoms with E-state index in [2.05, 4.69) is 9.73 Å². The number of aliphatic imine (C=N–C) groups is 1. The number of nitro groups is 1. The van der Waals surface area contributed by atoms with Crippen LogP contribution in [0.3, 0.4) is 0 Å². The zero-order valence-corrected chi connectivity index (χ0v) is 18.5. The molecule has 0 atom stereocenters. The van der Waals surface area contributed by atoms with Gasteiger partial charge in [-0.1, -0.05) is 0 Å². The van der Waals surface area contributed by atoms with Crippen LogP contribution < -0.4 is 4.74 Å². The van der Waals surface area contributed by atoms with E-state index in [-0.39, 0.29) is 17.0 Å². The van der Waals surface area contributed by atoms with E-state index in [1.807, 2.05) is 0 Å². The van der Waals surface area contributed by atoms with E-state index in [4.69, 9.17) is 5.11 Å². The van der Waals surface area contributed by atoms with Gasteiger partial charge in [0.15, 0.2) is 5.78 Å². The lowest BCUT2D eigenvalue weighted by atomic mass is 10.1. The zero-order chi connectivity index (χ0) is 25.9. The van der Waals surface area contributed by atoms with Gasteiger partial charge in [0, 0.05) is 28.3 Å². The largest absolute Gasteiger partial charge is 0.573 e. The number of carboxylic acids is 1. The molecule has 0 spiro atoms. The fraction of sp³-hybridized carbons (Fsp3) is 0.136. The molecule has 35 heavy (non-hydrogen) atoms. The molecule has 0 fully saturated rings. The Hall–Kier alpha value is -4.26. The molecule has 2 N–H and O–H groups in total. The normalized spacial score (nSPS) is 11.8. The minimum absolute atomic E-state index is 0.102. The Morgan fingerprint density at radius 1 is 1.14 bits per heavy atom. The van der Waals surface area contributed by atoms with Gasteiger partial charge in [0.25, 0.3) is 5.69 Å². The summed E-state index contributed by atoms with van der Waals surface area (Å²) in [5, 5.41) is 32.3. The standard InChI is InChI=1S/C22H15F3N2O7S/c1-11(26-9-18(28)13-4-7-15(21(30)31)17(8-13)27(32)33)16-10-35-20(19(16)29)12-2-5-14(6-3-12)34-22(23,24)25/h2-8,10,29H,9H2,1H3,(H,30,31). The highest BCUT2D eigenvalue weighted by Crippen LogP contribution is 2.39. The number of halogens is 3. The third-order valence-corrected chi connectivity index (χ3v) is 5.73. The minimum atomic E-state index is -4.83. The Morgan fingerprint density at radius 2 is 1.80 bits per heavy atom. The average Bonchev–Trinajstić information content (AvgIpc) is 3.17. The number of nitrogens with zero attached hydrogens (tertiary/aromatic N) is 2. The van der Waals surface area contributed by atoms with Crippen LogP contribution >= 0.6 is 11.3 Å². The number of rotatable bonds is 8. The van der Waals surface area contributed by atoms with Crippen LogP contribution in [0.4, 0.5) is 18.9 Å². The molecule has 0 aliphatic rings. The number of hydrogen-bond acceptors (Lipinski definition) is 8. The van der Waals surface area contributed by atoms with E-state index in [0.29, 0.717) is 16.0 Å². The lowest BCUT2D eigenvalue weighted by molar-refractivity contribution is -0.385. The Bertz CT molecular complexity index is 1330. The molecular weight excluding hydrogens is 493 g/mol.